The van der Waals surface area contributed by atoms with Crippen molar-refractivity contribution in [2.45, 2.75) is 6.42 Å². The lowest BCUT2D eigenvalue weighted by Gasteiger charge is -1.92. The predicted molar refractivity (Wildman–Crippen MR) is 62.5 cm³/mol. The van der Waals surface area contributed by atoms with Crippen LogP contribution >= 0.6 is 0 Å². The molecule has 1 heterocycles. The standard InChI is InChI=1S/C11H9N3O3/c15-6-2-1-3-10-9-7-8(14(16)17)4-5-11(9)13-12-10/h1,3-7H,2H2,(H,12,13). The van der Waals surface area contributed by atoms with Crippen molar-refractivity contribution in [2.24, 2.45) is 0 Å². The summed E-state index contributed by atoms with van der Waals surface area (Å²) >= 11 is 0. The van der Waals surface area contributed by atoms with Crippen molar-refractivity contribution < 1.29 is 9.72 Å². The zero-order valence-electron chi connectivity index (χ0n) is 8.79. The highest BCUT2D eigenvalue weighted by Gasteiger charge is 2.09. The first kappa shape index (κ1) is 11.0. The average molecular weight is 231 g/mol. The van der Waals surface area contributed by atoms with Crippen molar-refractivity contribution in [3.8, 4) is 0 Å². The summed E-state index contributed by atoms with van der Waals surface area (Å²) in [4.78, 5) is 20.4. The quantitative estimate of drug-likeness (QED) is 0.495. The van der Waals surface area contributed by atoms with E-state index in [4.69, 9.17) is 0 Å². The van der Waals surface area contributed by atoms with Gasteiger partial charge in [0.1, 0.15) is 6.29 Å². The Morgan fingerprint density at radius 2 is 2.29 bits per heavy atom. The van der Waals surface area contributed by atoms with Crippen LogP contribution in [0.3, 0.4) is 0 Å². The summed E-state index contributed by atoms with van der Waals surface area (Å²) in [5.74, 6) is 0. The molecule has 0 unspecified atom stereocenters. The lowest BCUT2D eigenvalue weighted by atomic mass is 10.2. The SMILES string of the molecule is O=CCC=Cc1[nH]nc2ccc([N+](=O)[O-])cc12. The monoisotopic (exact) mass is 231 g/mol. The summed E-state index contributed by atoms with van der Waals surface area (Å²) in [5, 5.41) is 18.1. The molecular formula is C11H9N3O3. The molecule has 0 bridgehead atoms. The molecule has 2 rings (SSSR count). The van der Waals surface area contributed by atoms with Crippen molar-refractivity contribution in [3.05, 3.63) is 40.1 Å². The molecule has 0 aliphatic rings. The van der Waals surface area contributed by atoms with Crippen molar-refractivity contribution in [3.63, 3.8) is 0 Å². The zero-order chi connectivity index (χ0) is 12.3. The molecule has 0 spiro atoms. The number of nitro groups is 1. The average Bonchev–Trinajstić information content (AvgIpc) is 2.72. The topological polar surface area (TPSA) is 88.9 Å². The van der Waals surface area contributed by atoms with E-state index < -0.39 is 4.92 Å². The number of carbonyl (C=O) groups is 1. The zero-order valence-corrected chi connectivity index (χ0v) is 8.79. The van der Waals surface area contributed by atoms with Gasteiger partial charge in [-0.3, -0.25) is 15.2 Å². The normalized spacial score (nSPS) is 11.1. The number of H-pyrrole nitrogens is 1. The van der Waals surface area contributed by atoms with Gasteiger partial charge in [0.25, 0.3) is 5.69 Å². The molecule has 1 aromatic heterocycles. The summed E-state index contributed by atoms with van der Waals surface area (Å²) < 4.78 is 0. The number of benzene rings is 1. The maximum Gasteiger partial charge on any atom is 0.270 e. The molecule has 0 amide bonds. The third kappa shape index (κ3) is 2.20. The van der Waals surface area contributed by atoms with Gasteiger partial charge in [-0.25, -0.2) is 0 Å². The summed E-state index contributed by atoms with van der Waals surface area (Å²) in [6.45, 7) is 0. The second kappa shape index (κ2) is 4.56. The van der Waals surface area contributed by atoms with Gasteiger partial charge >= 0.3 is 0 Å². The number of nitrogens with one attached hydrogen (secondary N) is 1. The van der Waals surface area contributed by atoms with Gasteiger partial charge in [-0.15, -0.1) is 0 Å². The summed E-state index contributed by atoms with van der Waals surface area (Å²) in [5.41, 5.74) is 1.33. The first-order valence-corrected chi connectivity index (χ1v) is 4.95. The Balaban J connectivity index is 2.46. The first-order valence-electron chi connectivity index (χ1n) is 4.95. The molecular weight excluding hydrogens is 222 g/mol. The number of hydrogen-bond donors (Lipinski definition) is 1. The van der Waals surface area contributed by atoms with Gasteiger partial charge in [-0.05, 0) is 12.1 Å². The fourth-order valence-corrected chi connectivity index (χ4v) is 1.50. The maximum atomic E-state index is 10.6. The van der Waals surface area contributed by atoms with Crippen LogP contribution in [-0.4, -0.2) is 21.4 Å². The van der Waals surface area contributed by atoms with Gasteiger partial charge in [0.2, 0.25) is 0 Å². The second-order valence-corrected chi connectivity index (χ2v) is 3.40. The van der Waals surface area contributed by atoms with Crippen molar-refractivity contribution in [2.75, 3.05) is 0 Å². The molecule has 0 atom stereocenters. The van der Waals surface area contributed by atoms with Crippen LogP contribution in [0, 0.1) is 10.1 Å². The summed E-state index contributed by atoms with van der Waals surface area (Å²) in [6, 6.07) is 4.45. The van der Waals surface area contributed by atoms with Crippen LogP contribution in [0.25, 0.3) is 17.0 Å². The Kier molecular flexibility index (Phi) is 2.95. The van der Waals surface area contributed by atoms with Crippen LogP contribution in [-0.2, 0) is 4.79 Å². The second-order valence-electron chi connectivity index (χ2n) is 3.40. The van der Waals surface area contributed by atoms with Crippen LogP contribution in [0.4, 0.5) is 5.69 Å². The number of allylic oxidation sites excluding steroid dienone is 1. The van der Waals surface area contributed by atoms with Gasteiger partial charge in [0.05, 0.1) is 16.1 Å². The van der Waals surface area contributed by atoms with Gasteiger partial charge < -0.3 is 4.79 Å². The van der Waals surface area contributed by atoms with Gasteiger partial charge in [-0.1, -0.05) is 6.08 Å². The third-order valence-corrected chi connectivity index (χ3v) is 2.29. The number of nitrogens with zero attached hydrogens (tertiary/aromatic N) is 2. The molecule has 17 heavy (non-hydrogen) atoms. The highest BCUT2D eigenvalue weighted by atomic mass is 16.6. The number of fused-ring (bicyclic) bond motifs is 1. The van der Waals surface area contributed by atoms with Crippen LogP contribution in [0.1, 0.15) is 12.1 Å². The highest BCUT2D eigenvalue weighted by Crippen LogP contribution is 2.22. The van der Waals surface area contributed by atoms with Crippen LogP contribution in [0.15, 0.2) is 24.3 Å². The number of nitro benzene ring substituents is 1. The van der Waals surface area contributed by atoms with E-state index in [0.717, 1.165) is 6.29 Å². The highest BCUT2D eigenvalue weighted by molar-refractivity contribution is 5.88. The van der Waals surface area contributed by atoms with E-state index in [9.17, 15) is 14.9 Å². The van der Waals surface area contributed by atoms with E-state index in [0.29, 0.717) is 23.0 Å². The molecule has 6 heteroatoms. The maximum absolute atomic E-state index is 10.6. The molecule has 1 N–H and O–H groups in total. The lowest BCUT2D eigenvalue weighted by molar-refractivity contribution is -0.384. The predicted octanol–water partition coefficient (Wildman–Crippen LogP) is 2.07. The number of hydrogen-bond acceptors (Lipinski definition) is 4. The van der Waals surface area contributed by atoms with Crippen molar-refractivity contribution in [1.29, 1.82) is 0 Å². The Labute approximate surface area is 96.1 Å². The number of aromatic amines is 1. The molecule has 0 saturated heterocycles. The lowest BCUT2D eigenvalue weighted by Crippen LogP contribution is -1.86. The summed E-state index contributed by atoms with van der Waals surface area (Å²) in [6.07, 6.45) is 4.43. The Hall–Kier alpha value is -2.50. The van der Waals surface area contributed by atoms with Crippen molar-refractivity contribution >= 4 is 29.0 Å². The van der Waals surface area contributed by atoms with Gasteiger partial charge in [0.15, 0.2) is 0 Å². The van der Waals surface area contributed by atoms with E-state index >= 15 is 0 Å². The van der Waals surface area contributed by atoms with E-state index in [2.05, 4.69) is 10.2 Å². The van der Waals surface area contributed by atoms with Gasteiger partial charge in [0, 0.05) is 23.9 Å². The number of rotatable bonds is 4. The number of aromatic nitrogens is 2. The van der Waals surface area contributed by atoms with Gasteiger partial charge in [-0.2, -0.15) is 5.10 Å². The fraction of sp³-hybridized carbons (Fsp3) is 0.0909. The molecule has 86 valence electrons. The minimum absolute atomic E-state index is 0.0175. The largest absolute Gasteiger partial charge is 0.303 e. The fourth-order valence-electron chi connectivity index (χ4n) is 1.50. The Bertz CT molecular complexity index is 601. The minimum atomic E-state index is -0.453. The first-order chi connectivity index (χ1) is 8.22. The van der Waals surface area contributed by atoms with E-state index in [1.54, 1.807) is 18.2 Å². The van der Waals surface area contributed by atoms with Crippen LogP contribution < -0.4 is 0 Å². The molecule has 0 aliphatic heterocycles. The van der Waals surface area contributed by atoms with E-state index in [1.165, 1.54) is 12.1 Å². The molecule has 0 radical (unpaired) electrons. The Morgan fingerprint density at radius 1 is 1.47 bits per heavy atom. The smallest absolute Gasteiger partial charge is 0.270 e. The molecule has 1 aromatic carbocycles. The third-order valence-electron chi connectivity index (χ3n) is 2.29. The molecule has 2 aromatic rings. The number of carbonyl (C=O) groups excluding carboxylic acids is 1. The van der Waals surface area contributed by atoms with Crippen LogP contribution in [0.5, 0.6) is 0 Å². The molecule has 6 nitrogen and oxygen atoms in total. The van der Waals surface area contributed by atoms with E-state index in [1.807, 2.05) is 0 Å². The number of aldehydes is 1. The van der Waals surface area contributed by atoms with Crippen molar-refractivity contribution in [1.82, 2.24) is 10.2 Å². The molecule has 0 fully saturated rings. The van der Waals surface area contributed by atoms with Crippen LogP contribution in [0.2, 0.25) is 0 Å². The van der Waals surface area contributed by atoms with E-state index in [-0.39, 0.29) is 5.69 Å². The summed E-state index contributed by atoms with van der Waals surface area (Å²) in [7, 11) is 0. The molecule has 0 saturated carbocycles. The Morgan fingerprint density at radius 3 is 3.00 bits per heavy atom. The number of non-ortho nitro benzene ring substituents is 1. The minimum Gasteiger partial charge on any atom is -0.303 e. The molecule has 0 aliphatic carbocycles.